The van der Waals surface area contributed by atoms with Crippen LogP contribution in [0.1, 0.15) is 13.3 Å². The highest BCUT2D eigenvalue weighted by molar-refractivity contribution is 4.97. The Hall–Kier alpha value is -0.400. The van der Waals surface area contributed by atoms with Gasteiger partial charge in [-0.05, 0) is 13.0 Å². The van der Waals surface area contributed by atoms with Crippen LogP contribution in [0, 0.1) is 0 Å². The van der Waals surface area contributed by atoms with Crippen LogP contribution in [0.4, 0.5) is 0 Å². The van der Waals surface area contributed by atoms with Gasteiger partial charge in [-0.3, -0.25) is 4.90 Å². The number of piperidine rings is 1. The third-order valence-electron chi connectivity index (χ3n) is 4.84. The molecule has 2 fully saturated rings. The maximum atomic E-state index is 10.3. The number of aliphatic hydroxyl groups is 7. The molecular formula is C15H29NO9. The Balaban J connectivity index is 2.16. The largest absolute Gasteiger partial charge is 0.395 e. The molecule has 2 saturated heterocycles. The second-order valence-electron chi connectivity index (χ2n) is 6.60. The molecule has 10 nitrogen and oxygen atoms in total. The number of hydrogen-bond donors (Lipinski definition) is 7. The first kappa shape index (κ1) is 20.9. The predicted molar refractivity (Wildman–Crippen MR) is 83.4 cm³/mol. The Labute approximate surface area is 145 Å². The first-order chi connectivity index (χ1) is 11.8. The van der Waals surface area contributed by atoms with Crippen molar-refractivity contribution in [2.75, 3.05) is 26.3 Å². The molecule has 10 heteroatoms. The minimum absolute atomic E-state index is 0.161. The minimum atomic E-state index is -1.62. The summed E-state index contributed by atoms with van der Waals surface area (Å²) >= 11 is 0. The number of hydrogen-bond acceptors (Lipinski definition) is 10. The van der Waals surface area contributed by atoms with E-state index in [1.807, 2.05) is 6.92 Å². The molecule has 0 aromatic carbocycles. The van der Waals surface area contributed by atoms with Crippen LogP contribution < -0.4 is 0 Å². The van der Waals surface area contributed by atoms with Crippen LogP contribution in [0.3, 0.4) is 0 Å². The molecule has 0 bridgehead atoms. The molecule has 7 N–H and O–H groups in total. The highest BCUT2D eigenvalue weighted by Crippen LogP contribution is 2.28. The fourth-order valence-corrected chi connectivity index (χ4v) is 3.41. The van der Waals surface area contributed by atoms with Gasteiger partial charge in [-0.1, -0.05) is 6.92 Å². The molecular weight excluding hydrogens is 338 g/mol. The van der Waals surface area contributed by atoms with Crippen molar-refractivity contribution in [2.24, 2.45) is 0 Å². The zero-order valence-electron chi connectivity index (χ0n) is 14.1. The standard InChI is InChI=1S/C15H29NO9/c1-2-3-16-4-8(19)10(20)14(7(16)5-17)25-15-13(23)12(22)11(21)9(6-18)24-15/h7-15,17-23H,2-6H2,1H3/t7-,8+,9-,10-,11-,12+,13-,14-,15-/m1/s1. The summed E-state index contributed by atoms with van der Waals surface area (Å²) in [6.45, 7) is 1.69. The van der Waals surface area contributed by atoms with Crippen LogP contribution in [0.25, 0.3) is 0 Å². The van der Waals surface area contributed by atoms with E-state index < -0.39 is 61.7 Å². The maximum absolute atomic E-state index is 10.3. The maximum Gasteiger partial charge on any atom is 0.187 e. The molecule has 0 saturated carbocycles. The van der Waals surface area contributed by atoms with Crippen LogP contribution in [0.15, 0.2) is 0 Å². The summed E-state index contributed by atoms with van der Waals surface area (Å²) in [7, 11) is 0. The molecule has 2 aliphatic rings. The van der Waals surface area contributed by atoms with E-state index in [9.17, 15) is 35.7 Å². The van der Waals surface area contributed by atoms with Gasteiger partial charge in [0, 0.05) is 6.54 Å². The lowest BCUT2D eigenvalue weighted by Crippen LogP contribution is -2.66. The average Bonchev–Trinajstić information content (AvgIpc) is 2.59. The fraction of sp³-hybridized carbons (Fsp3) is 1.00. The van der Waals surface area contributed by atoms with Gasteiger partial charge in [0.2, 0.25) is 0 Å². The molecule has 0 radical (unpaired) electrons. The van der Waals surface area contributed by atoms with Crippen LogP contribution >= 0.6 is 0 Å². The molecule has 0 unspecified atom stereocenters. The monoisotopic (exact) mass is 367 g/mol. The molecule has 9 atom stereocenters. The van der Waals surface area contributed by atoms with Gasteiger partial charge in [0.05, 0.1) is 25.4 Å². The molecule has 148 valence electrons. The zero-order valence-corrected chi connectivity index (χ0v) is 14.1. The average molecular weight is 367 g/mol. The van der Waals surface area contributed by atoms with E-state index in [1.165, 1.54) is 0 Å². The Morgan fingerprint density at radius 1 is 0.960 bits per heavy atom. The first-order valence-electron chi connectivity index (χ1n) is 8.52. The van der Waals surface area contributed by atoms with Gasteiger partial charge in [0.25, 0.3) is 0 Å². The first-order valence-corrected chi connectivity index (χ1v) is 8.52. The van der Waals surface area contributed by atoms with E-state index in [4.69, 9.17) is 9.47 Å². The predicted octanol–water partition coefficient (Wildman–Crippen LogP) is -4.02. The van der Waals surface area contributed by atoms with Gasteiger partial charge >= 0.3 is 0 Å². The summed E-state index contributed by atoms with van der Waals surface area (Å²) in [4.78, 5) is 1.77. The molecule has 2 heterocycles. The number of nitrogens with zero attached hydrogens (tertiary/aromatic N) is 1. The number of aliphatic hydroxyl groups excluding tert-OH is 7. The van der Waals surface area contributed by atoms with Crippen molar-refractivity contribution in [1.29, 1.82) is 0 Å². The van der Waals surface area contributed by atoms with Gasteiger partial charge in [-0.15, -0.1) is 0 Å². The third kappa shape index (κ3) is 4.30. The topological polar surface area (TPSA) is 163 Å². The van der Waals surface area contributed by atoms with Crippen molar-refractivity contribution in [3.8, 4) is 0 Å². The van der Waals surface area contributed by atoms with Crippen molar-refractivity contribution in [3.05, 3.63) is 0 Å². The lowest BCUT2D eigenvalue weighted by Gasteiger charge is -2.48. The summed E-state index contributed by atoms with van der Waals surface area (Å²) < 4.78 is 10.9. The number of ether oxygens (including phenoxy) is 2. The molecule has 0 spiro atoms. The molecule has 2 rings (SSSR count). The smallest absolute Gasteiger partial charge is 0.187 e. The highest BCUT2D eigenvalue weighted by Gasteiger charge is 2.49. The van der Waals surface area contributed by atoms with Crippen molar-refractivity contribution >= 4 is 0 Å². The van der Waals surface area contributed by atoms with Crippen LogP contribution in [0.2, 0.25) is 0 Å². The zero-order chi connectivity index (χ0) is 18.7. The van der Waals surface area contributed by atoms with Crippen molar-refractivity contribution in [1.82, 2.24) is 4.90 Å². The Kier molecular flexibility index (Phi) is 7.52. The van der Waals surface area contributed by atoms with E-state index in [1.54, 1.807) is 4.90 Å². The van der Waals surface area contributed by atoms with Gasteiger partial charge in [0.15, 0.2) is 6.29 Å². The van der Waals surface area contributed by atoms with Crippen LogP contribution in [0.5, 0.6) is 0 Å². The third-order valence-corrected chi connectivity index (χ3v) is 4.84. The van der Waals surface area contributed by atoms with Crippen molar-refractivity contribution < 1.29 is 45.2 Å². The Bertz CT molecular complexity index is 412. The minimum Gasteiger partial charge on any atom is -0.395 e. The van der Waals surface area contributed by atoms with E-state index in [0.717, 1.165) is 6.42 Å². The fourth-order valence-electron chi connectivity index (χ4n) is 3.41. The van der Waals surface area contributed by atoms with Crippen LogP contribution in [-0.4, -0.2) is 122 Å². The summed E-state index contributed by atoms with van der Waals surface area (Å²) in [5, 5.41) is 69.0. The molecule has 0 aromatic rings. The SMILES string of the molecule is CCCN1C[C@H](O)[C@@H](O)[C@H](O[C@H]2O[C@H](CO)[C@@H](O)[C@H](O)[C@H]2O)[C@H]1CO. The van der Waals surface area contributed by atoms with Gasteiger partial charge in [-0.25, -0.2) is 0 Å². The molecule has 0 aliphatic carbocycles. The van der Waals surface area contributed by atoms with E-state index in [-0.39, 0.29) is 13.2 Å². The lowest BCUT2D eigenvalue weighted by molar-refractivity contribution is -0.328. The molecule has 0 amide bonds. The normalized spacial score (nSPS) is 46.3. The molecule has 0 aromatic heterocycles. The summed E-state index contributed by atoms with van der Waals surface area (Å²) in [6.07, 6.45) is -10.1. The molecule has 2 aliphatic heterocycles. The summed E-state index contributed by atoms with van der Waals surface area (Å²) in [5.41, 5.74) is 0. The van der Waals surface area contributed by atoms with E-state index in [0.29, 0.717) is 6.54 Å². The van der Waals surface area contributed by atoms with Crippen molar-refractivity contribution in [2.45, 2.75) is 68.4 Å². The Morgan fingerprint density at radius 2 is 1.64 bits per heavy atom. The second-order valence-corrected chi connectivity index (χ2v) is 6.60. The lowest BCUT2D eigenvalue weighted by atomic mass is 9.93. The summed E-state index contributed by atoms with van der Waals surface area (Å²) in [5.74, 6) is 0. The highest BCUT2D eigenvalue weighted by atomic mass is 16.7. The molecule has 25 heavy (non-hydrogen) atoms. The number of rotatable bonds is 6. The van der Waals surface area contributed by atoms with Gasteiger partial charge < -0.3 is 45.2 Å². The second kappa shape index (κ2) is 9.00. The number of likely N-dealkylation sites (tertiary alicyclic amines) is 1. The number of β-amino-alcohol motifs (C(OH)–C–C–N with tert-alkyl or cyclic N) is 1. The van der Waals surface area contributed by atoms with E-state index >= 15 is 0 Å². The quantitative estimate of drug-likeness (QED) is 0.246. The van der Waals surface area contributed by atoms with E-state index in [2.05, 4.69) is 0 Å². The van der Waals surface area contributed by atoms with Gasteiger partial charge in [0.1, 0.15) is 36.6 Å². The Morgan fingerprint density at radius 3 is 2.20 bits per heavy atom. The summed E-state index contributed by atoms with van der Waals surface area (Å²) in [6, 6.07) is -0.647. The van der Waals surface area contributed by atoms with Crippen LogP contribution in [-0.2, 0) is 9.47 Å². The van der Waals surface area contributed by atoms with Crippen molar-refractivity contribution in [3.63, 3.8) is 0 Å². The van der Waals surface area contributed by atoms with Gasteiger partial charge in [-0.2, -0.15) is 0 Å².